The van der Waals surface area contributed by atoms with E-state index < -0.39 is 0 Å². The zero-order valence-corrected chi connectivity index (χ0v) is 19.2. The third kappa shape index (κ3) is 7.34. The second kappa shape index (κ2) is 11.5. The maximum absolute atomic E-state index is 11.9. The summed E-state index contributed by atoms with van der Waals surface area (Å²) < 4.78 is 1.82. The summed E-state index contributed by atoms with van der Waals surface area (Å²) in [6, 6.07) is 10.0. The largest absolute Gasteiger partial charge is 0.353 e. The molecule has 2 N–H and O–H groups in total. The quantitative estimate of drug-likeness (QED) is 0.268. The monoisotopic (exact) mass is 496 g/mol. The number of nitrogens with zero attached hydrogens (tertiary/aromatic N) is 4. The Kier molecular flexibility index (Phi) is 9.70. The third-order valence-electron chi connectivity index (χ3n) is 3.92. The Morgan fingerprint density at radius 1 is 1.36 bits per heavy atom. The summed E-state index contributed by atoms with van der Waals surface area (Å²) in [6.07, 6.45) is 3.66. The van der Waals surface area contributed by atoms with E-state index in [2.05, 4.69) is 33.4 Å². The van der Waals surface area contributed by atoms with Crippen LogP contribution < -0.4 is 10.6 Å². The number of aliphatic imine (C=N–C) groups is 1. The van der Waals surface area contributed by atoms with Gasteiger partial charge in [-0.25, -0.2) is 9.67 Å². The number of hydrogen-bond donors (Lipinski definition) is 2. The Morgan fingerprint density at radius 2 is 2.11 bits per heavy atom. The van der Waals surface area contributed by atoms with E-state index in [9.17, 15) is 4.79 Å². The van der Waals surface area contributed by atoms with E-state index in [-0.39, 0.29) is 42.5 Å². The lowest BCUT2D eigenvalue weighted by atomic mass is 10.1. The van der Waals surface area contributed by atoms with Crippen molar-refractivity contribution < 1.29 is 4.79 Å². The van der Waals surface area contributed by atoms with Gasteiger partial charge in [0.05, 0.1) is 11.7 Å². The molecule has 8 heteroatoms. The van der Waals surface area contributed by atoms with Crippen LogP contribution in [0.4, 0.5) is 0 Å². The first kappa shape index (κ1) is 23.7. The Morgan fingerprint density at radius 3 is 2.71 bits per heavy atom. The van der Waals surface area contributed by atoms with Gasteiger partial charge < -0.3 is 15.5 Å². The molecule has 152 valence electrons. The highest BCUT2D eigenvalue weighted by Crippen LogP contribution is 2.16. The maximum atomic E-state index is 11.9. The fourth-order valence-electron chi connectivity index (χ4n) is 2.32. The van der Waals surface area contributed by atoms with Gasteiger partial charge in [-0.3, -0.25) is 4.79 Å². The number of amides is 1. The average Bonchev–Trinajstić information content (AvgIpc) is 3.18. The molecule has 1 unspecified atom stereocenters. The van der Waals surface area contributed by atoms with Crippen molar-refractivity contribution in [3.05, 3.63) is 60.4 Å². The molecule has 0 saturated carbocycles. The van der Waals surface area contributed by atoms with E-state index in [1.54, 1.807) is 20.3 Å². The van der Waals surface area contributed by atoms with Gasteiger partial charge in [-0.2, -0.15) is 5.10 Å². The lowest BCUT2D eigenvalue weighted by Crippen LogP contribution is -2.40. The molecule has 28 heavy (non-hydrogen) atoms. The van der Waals surface area contributed by atoms with Crippen molar-refractivity contribution in [2.75, 3.05) is 27.2 Å². The van der Waals surface area contributed by atoms with Crippen molar-refractivity contribution in [1.82, 2.24) is 25.3 Å². The molecule has 1 amide bonds. The van der Waals surface area contributed by atoms with Crippen LogP contribution >= 0.6 is 24.0 Å². The normalized spacial score (nSPS) is 11.9. The van der Waals surface area contributed by atoms with Crippen LogP contribution in [0.25, 0.3) is 5.69 Å². The van der Waals surface area contributed by atoms with Crippen molar-refractivity contribution in [3.8, 4) is 5.69 Å². The molecule has 0 aliphatic heterocycles. The van der Waals surface area contributed by atoms with Crippen LogP contribution in [-0.2, 0) is 4.79 Å². The number of carbonyl (C=O) groups excluding carboxylic acids is 1. The van der Waals surface area contributed by atoms with E-state index in [1.165, 1.54) is 4.90 Å². The van der Waals surface area contributed by atoms with Crippen LogP contribution in [0.15, 0.2) is 59.9 Å². The molecule has 0 aliphatic rings. The molecule has 1 atom stereocenters. The van der Waals surface area contributed by atoms with Crippen LogP contribution in [0.3, 0.4) is 0 Å². The predicted octanol–water partition coefficient (Wildman–Crippen LogP) is 2.75. The molecule has 0 aliphatic carbocycles. The second-order valence-corrected chi connectivity index (χ2v) is 6.68. The van der Waals surface area contributed by atoms with Gasteiger partial charge in [0.25, 0.3) is 0 Å². The molecular weight excluding hydrogens is 467 g/mol. The minimum absolute atomic E-state index is 0. The zero-order valence-electron chi connectivity index (χ0n) is 16.8. The van der Waals surface area contributed by atoms with Gasteiger partial charge in [0, 0.05) is 33.0 Å². The van der Waals surface area contributed by atoms with Gasteiger partial charge in [-0.1, -0.05) is 24.3 Å². The van der Waals surface area contributed by atoms with Crippen LogP contribution in [0, 0.1) is 0 Å². The van der Waals surface area contributed by atoms with E-state index in [1.807, 2.05) is 49.0 Å². The van der Waals surface area contributed by atoms with Gasteiger partial charge in [-0.05, 0) is 37.6 Å². The summed E-state index contributed by atoms with van der Waals surface area (Å²) in [7, 11) is 3.44. The Bertz CT molecular complexity index is 801. The van der Waals surface area contributed by atoms with Crippen molar-refractivity contribution >= 4 is 35.8 Å². The summed E-state index contributed by atoms with van der Waals surface area (Å²) in [6.45, 7) is 8.55. The standard InChI is InChI=1S/C20H28N6O.HI/c1-15(2)13-21-20(22-14-19(27)25(4)5)24-16(3)17-8-6-9-18(12-17)26-11-7-10-23-26;/h6-12,16H,1,13-14H2,2-5H3,(H2,21,22,24);1H. The van der Waals surface area contributed by atoms with Crippen LogP contribution in [0.2, 0.25) is 0 Å². The summed E-state index contributed by atoms with van der Waals surface area (Å²) >= 11 is 0. The molecule has 1 heterocycles. The molecule has 1 aromatic carbocycles. The minimum Gasteiger partial charge on any atom is -0.353 e. The summed E-state index contributed by atoms with van der Waals surface area (Å²) in [5.74, 6) is 0.518. The first-order chi connectivity index (χ1) is 12.9. The SMILES string of the molecule is C=C(C)CNC(=NCC(=O)N(C)C)NC(C)c1cccc(-n2cccn2)c1.I. The molecular formula is C20H29IN6O. The molecule has 0 bridgehead atoms. The van der Waals surface area contributed by atoms with E-state index in [0.717, 1.165) is 16.8 Å². The van der Waals surface area contributed by atoms with Gasteiger partial charge in [0.1, 0.15) is 6.54 Å². The number of carbonyl (C=O) groups is 1. The van der Waals surface area contributed by atoms with Crippen molar-refractivity contribution in [2.24, 2.45) is 4.99 Å². The third-order valence-corrected chi connectivity index (χ3v) is 3.92. The Balaban J connectivity index is 0.00000392. The fraction of sp³-hybridized carbons (Fsp3) is 0.350. The maximum Gasteiger partial charge on any atom is 0.243 e. The van der Waals surface area contributed by atoms with Crippen LogP contribution in [0.5, 0.6) is 0 Å². The Hall–Kier alpha value is -2.36. The summed E-state index contributed by atoms with van der Waals surface area (Å²) in [5.41, 5.74) is 3.06. The minimum atomic E-state index is -0.0558. The van der Waals surface area contributed by atoms with E-state index in [4.69, 9.17) is 0 Å². The highest BCUT2D eigenvalue weighted by atomic mass is 127. The van der Waals surface area contributed by atoms with E-state index >= 15 is 0 Å². The molecule has 0 fully saturated rings. The molecule has 2 aromatic rings. The van der Waals surface area contributed by atoms with Gasteiger partial charge >= 0.3 is 0 Å². The summed E-state index contributed by atoms with van der Waals surface area (Å²) in [5, 5.41) is 10.8. The molecule has 2 rings (SSSR count). The second-order valence-electron chi connectivity index (χ2n) is 6.68. The number of nitrogens with one attached hydrogen (secondary N) is 2. The lowest BCUT2D eigenvalue weighted by molar-refractivity contribution is -0.127. The average molecular weight is 496 g/mol. The Labute approximate surface area is 183 Å². The smallest absolute Gasteiger partial charge is 0.243 e. The highest BCUT2D eigenvalue weighted by Gasteiger charge is 2.11. The van der Waals surface area contributed by atoms with Crippen molar-refractivity contribution in [3.63, 3.8) is 0 Å². The number of benzene rings is 1. The van der Waals surface area contributed by atoms with Gasteiger partial charge in [0.15, 0.2) is 5.96 Å². The van der Waals surface area contributed by atoms with E-state index in [0.29, 0.717) is 12.5 Å². The zero-order chi connectivity index (χ0) is 19.8. The number of guanidine groups is 1. The number of aromatic nitrogens is 2. The number of halogens is 1. The molecule has 0 spiro atoms. The van der Waals surface area contributed by atoms with Gasteiger partial charge in [-0.15, -0.1) is 24.0 Å². The fourth-order valence-corrected chi connectivity index (χ4v) is 2.32. The number of rotatable bonds is 7. The lowest BCUT2D eigenvalue weighted by Gasteiger charge is -2.20. The summed E-state index contributed by atoms with van der Waals surface area (Å²) in [4.78, 5) is 17.8. The van der Waals surface area contributed by atoms with Crippen molar-refractivity contribution in [1.29, 1.82) is 0 Å². The molecule has 7 nitrogen and oxygen atoms in total. The first-order valence-corrected chi connectivity index (χ1v) is 8.86. The van der Waals surface area contributed by atoms with Crippen molar-refractivity contribution in [2.45, 2.75) is 19.9 Å². The van der Waals surface area contributed by atoms with Gasteiger partial charge in [0.2, 0.25) is 5.91 Å². The number of hydrogen-bond acceptors (Lipinski definition) is 3. The van der Waals surface area contributed by atoms with Crippen LogP contribution in [-0.4, -0.2) is 53.7 Å². The molecule has 0 radical (unpaired) electrons. The molecule has 1 aromatic heterocycles. The first-order valence-electron chi connectivity index (χ1n) is 8.86. The topological polar surface area (TPSA) is 74.6 Å². The highest BCUT2D eigenvalue weighted by molar-refractivity contribution is 14.0. The van der Waals surface area contributed by atoms with Crippen LogP contribution in [0.1, 0.15) is 25.5 Å². The molecule has 0 saturated heterocycles. The predicted molar refractivity (Wildman–Crippen MR) is 124 cm³/mol. The number of likely N-dealkylation sites (N-methyl/N-ethyl adjacent to an activating group) is 1.